The van der Waals surface area contributed by atoms with E-state index in [-0.39, 0.29) is 23.0 Å². The van der Waals surface area contributed by atoms with Gasteiger partial charge in [0.05, 0.1) is 10.6 Å². The highest BCUT2D eigenvalue weighted by Gasteiger charge is 2.33. The molecule has 3 N–H and O–H groups in total. The molecular weight excluding hydrogens is 574 g/mol. The third-order valence-corrected chi connectivity index (χ3v) is 8.60. The maximum Gasteiger partial charge on any atom is 0.347 e. The van der Waals surface area contributed by atoms with Crippen LogP contribution in [0.2, 0.25) is 0 Å². The first-order chi connectivity index (χ1) is 20.6. The summed E-state index contributed by atoms with van der Waals surface area (Å²) < 4.78 is 24.7. The molecule has 13 heteroatoms. The molecule has 2 aliphatic rings. The van der Waals surface area contributed by atoms with Crippen molar-refractivity contribution < 1.29 is 32.7 Å². The summed E-state index contributed by atoms with van der Waals surface area (Å²) in [4.78, 5) is 54.0. The van der Waals surface area contributed by atoms with Gasteiger partial charge < -0.3 is 15.3 Å². The number of benzene rings is 3. The minimum atomic E-state index is -4.14. The standard InChI is InChI=1S/C30H29N5O7S/c36-27(33-15-6-7-16-33)19-34-26-14-5-4-13-24(26)25(21-9-2-1-3-10-21)18-35(30(34)40)32-29(39)31-22-11-8-12-23(17-22)43(41,42)20-28(37)38/h1-5,8-14,17-18H,6-7,15-16,19-20H2,(H,37,38)(H2,31,32,39). The Hall–Kier alpha value is -5.17. The van der Waals surface area contributed by atoms with Crippen molar-refractivity contribution in [3.05, 3.63) is 96.2 Å². The molecule has 3 aromatic rings. The van der Waals surface area contributed by atoms with Gasteiger partial charge in [-0.2, -0.15) is 0 Å². The number of urea groups is 2. The van der Waals surface area contributed by atoms with Gasteiger partial charge in [0.25, 0.3) is 0 Å². The van der Waals surface area contributed by atoms with Crippen molar-refractivity contribution in [1.82, 2.24) is 15.3 Å². The van der Waals surface area contributed by atoms with E-state index in [1.165, 1.54) is 29.3 Å². The molecule has 0 atom stereocenters. The molecule has 0 spiro atoms. The zero-order valence-corrected chi connectivity index (χ0v) is 23.8. The summed E-state index contributed by atoms with van der Waals surface area (Å²) in [5.41, 5.74) is 5.11. The van der Waals surface area contributed by atoms with Crippen LogP contribution in [0.15, 0.2) is 90.0 Å². The fourth-order valence-electron chi connectivity index (χ4n) is 4.99. The molecule has 1 saturated heterocycles. The van der Waals surface area contributed by atoms with Crippen molar-refractivity contribution in [2.45, 2.75) is 17.7 Å². The van der Waals surface area contributed by atoms with Gasteiger partial charge in [-0.1, -0.05) is 54.6 Å². The number of carbonyl (C=O) groups is 4. The average molecular weight is 604 g/mol. The number of sulfone groups is 1. The number of hydrazine groups is 1. The Labute approximate surface area is 248 Å². The predicted octanol–water partition coefficient (Wildman–Crippen LogP) is 3.54. The van der Waals surface area contributed by atoms with Gasteiger partial charge in [-0.15, -0.1) is 0 Å². The molecule has 2 heterocycles. The molecule has 2 aliphatic heterocycles. The van der Waals surface area contributed by atoms with E-state index in [2.05, 4.69) is 10.7 Å². The van der Waals surface area contributed by atoms with Gasteiger partial charge in [0.2, 0.25) is 5.91 Å². The molecule has 222 valence electrons. The average Bonchev–Trinajstić information content (AvgIpc) is 3.50. The Bertz CT molecular complexity index is 1700. The number of carbonyl (C=O) groups excluding carboxylic acids is 3. The number of para-hydroxylation sites is 1. The van der Waals surface area contributed by atoms with Gasteiger partial charge in [0, 0.05) is 36.1 Å². The Kier molecular flexibility index (Phi) is 8.44. The highest BCUT2D eigenvalue weighted by molar-refractivity contribution is 7.92. The molecule has 43 heavy (non-hydrogen) atoms. The van der Waals surface area contributed by atoms with Gasteiger partial charge in [-0.3, -0.25) is 14.5 Å². The van der Waals surface area contributed by atoms with Crippen molar-refractivity contribution in [1.29, 1.82) is 0 Å². The third-order valence-electron chi connectivity index (χ3n) is 7.00. The summed E-state index contributed by atoms with van der Waals surface area (Å²) in [6.07, 6.45) is 3.26. The Balaban J connectivity index is 1.46. The molecular formula is C30H29N5O7S. The van der Waals surface area contributed by atoms with Crippen molar-refractivity contribution in [3.8, 4) is 0 Å². The van der Waals surface area contributed by atoms with Crippen molar-refractivity contribution >= 4 is 50.7 Å². The molecule has 0 unspecified atom stereocenters. The summed E-state index contributed by atoms with van der Waals surface area (Å²) in [5.74, 6) is -2.83. The van der Waals surface area contributed by atoms with E-state index >= 15 is 0 Å². The Morgan fingerprint density at radius 3 is 2.30 bits per heavy atom. The van der Waals surface area contributed by atoms with E-state index in [0.717, 1.165) is 29.5 Å². The monoisotopic (exact) mass is 603 g/mol. The number of aliphatic carboxylic acids is 1. The number of amides is 5. The molecule has 0 saturated carbocycles. The number of nitrogens with one attached hydrogen (secondary N) is 2. The lowest BCUT2D eigenvalue weighted by Crippen LogP contribution is -2.52. The third kappa shape index (κ3) is 6.67. The first kappa shape index (κ1) is 29.3. The lowest BCUT2D eigenvalue weighted by molar-refractivity contribution is -0.134. The smallest absolute Gasteiger partial charge is 0.347 e. The topological polar surface area (TPSA) is 156 Å². The van der Waals surface area contributed by atoms with Gasteiger partial charge in [0.15, 0.2) is 15.6 Å². The number of hydrogen-bond donors (Lipinski definition) is 3. The van der Waals surface area contributed by atoms with Crippen molar-refractivity contribution in [2.24, 2.45) is 0 Å². The van der Waals surface area contributed by atoms with E-state index < -0.39 is 33.6 Å². The number of carboxylic acids is 1. The second kappa shape index (κ2) is 12.4. The van der Waals surface area contributed by atoms with Crippen LogP contribution in [0.5, 0.6) is 0 Å². The SMILES string of the molecule is O=C(O)CS(=O)(=O)c1cccc(NC(=O)NN2C=C(c3ccccc3)c3ccccc3N(CC(=O)N3CCCC3)C2=O)c1. The summed E-state index contributed by atoms with van der Waals surface area (Å²) >= 11 is 0. The predicted molar refractivity (Wildman–Crippen MR) is 159 cm³/mol. The quantitative estimate of drug-likeness (QED) is 0.356. The molecule has 12 nitrogen and oxygen atoms in total. The van der Waals surface area contributed by atoms with Crippen LogP contribution in [-0.4, -0.2) is 72.8 Å². The molecule has 1 fully saturated rings. The zero-order chi connectivity index (χ0) is 30.6. The molecule has 0 bridgehead atoms. The molecule has 5 amide bonds. The first-order valence-corrected chi connectivity index (χ1v) is 15.1. The zero-order valence-electron chi connectivity index (χ0n) is 23.0. The lowest BCUT2D eigenvalue weighted by Gasteiger charge is -2.28. The maximum absolute atomic E-state index is 14.0. The number of rotatable bonds is 8. The fraction of sp³-hybridized carbons (Fsp3) is 0.200. The van der Waals surface area contributed by atoms with Crippen LogP contribution >= 0.6 is 0 Å². The van der Waals surface area contributed by atoms with E-state index in [1.807, 2.05) is 42.5 Å². The second-order valence-corrected chi connectivity index (χ2v) is 12.0. The molecule has 0 radical (unpaired) electrons. The van der Waals surface area contributed by atoms with Crippen LogP contribution in [0.3, 0.4) is 0 Å². The van der Waals surface area contributed by atoms with E-state index in [4.69, 9.17) is 5.11 Å². The van der Waals surface area contributed by atoms with Gasteiger partial charge in [-0.25, -0.2) is 28.4 Å². The molecule has 0 aromatic heterocycles. The minimum Gasteiger partial charge on any atom is -0.480 e. The van der Waals surface area contributed by atoms with Crippen LogP contribution in [0.4, 0.5) is 21.0 Å². The molecule has 0 aliphatic carbocycles. The largest absolute Gasteiger partial charge is 0.480 e. The lowest BCUT2D eigenvalue weighted by atomic mass is 9.97. The summed E-state index contributed by atoms with van der Waals surface area (Å²) in [7, 11) is -4.14. The maximum atomic E-state index is 14.0. The highest BCUT2D eigenvalue weighted by Crippen LogP contribution is 2.35. The minimum absolute atomic E-state index is 0.0582. The number of nitrogens with zero attached hydrogens (tertiary/aromatic N) is 3. The van der Waals surface area contributed by atoms with Crippen LogP contribution in [-0.2, 0) is 19.4 Å². The number of anilines is 2. The van der Waals surface area contributed by atoms with Crippen LogP contribution in [0.25, 0.3) is 5.57 Å². The number of fused-ring (bicyclic) bond motifs is 1. The van der Waals surface area contributed by atoms with Crippen LogP contribution in [0, 0.1) is 0 Å². The highest BCUT2D eigenvalue weighted by atomic mass is 32.2. The molecule has 5 rings (SSSR count). The van der Waals surface area contributed by atoms with E-state index in [1.54, 1.807) is 17.0 Å². The Morgan fingerprint density at radius 2 is 1.58 bits per heavy atom. The fourth-order valence-corrected chi connectivity index (χ4v) is 6.07. The van der Waals surface area contributed by atoms with Gasteiger partial charge in [0.1, 0.15) is 6.54 Å². The summed E-state index contributed by atoms with van der Waals surface area (Å²) in [6, 6.07) is 20.0. The van der Waals surface area contributed by atoms with Gasteiger partial charge in [-0.05, 0) is 42.7 Å². The first-order valence-electron chi connectivity index (χ1n) is 13.5. The van der Waals surface area contributed by atoms with E-state index in [9.17, 15) is 27.6 Å². The van der Waals surface area contributed by atoms with Crippen molar-refractivity contribution in [2.75, 3.05) is 35.6 Å². The second-order valence-electron chi connectivity index (χ2n) is 10.00. The number of carboxylic acid groups (broad SMARTS) is 1. The van der Waals surface area contributed by atoms with Crippen molar-refractivity contribution in [3.63, 3.8) is 0 Å². The summed E-state index contributed by atoms with van der Waals surface area (Å²) in [6.45, 7) is 0.984. The number of hydrogen-bond acceptors (Lipinski definition) is 6. The Morgan fingerprint density at radius 1 is 0.884 bits per heavy atom. The van der Waals surface area contributed by atoms with E-state index in [0.29, 0.717) is 29.9 Å². The molecule has 3 aromatic carbocycles. The van der Waals surface area contributed by atoms with Gasteiger partial charge >= 0.3 is 18.0 Å². The summed E-state index contributed by atoms with van der Waals surface area (Å²) in [5, 5.41) is 12.4. The van der Waals surface area contributed by atoms with Crippen LogP contribution < -0.4 is 15.6 Å². The van der Waals surface area contributed by atoms with Crippen LogP contribution in [0.1, 0.15) is 24.0 Å². The number of likely N-dealkylation sites (tertiary alicyclic amines) is 1. The normalized spacial score (nSPS) is 14.9.